The van der Waals surface area contributed by atoms with Gasteiger partial charge in [-0.25, -0.2) is 9.18 Å². The molecule has 0 aliphatic carbocycles. The lowest BCUT2D eigenvalue weighted by Gasteiger charge is -2.14. The van der Waals surface area contributed by atoms with E-state index in [1.54, 1.807) is 6.26 Å². The summed E-state index contributed by atoms with van der Waals surface area (Å²) in [4.78, 5) is 11.1. The van der Waals surface area contributed by atoms with Crippen molar-refractivity contribution in [2.24, 2.45) is 0 Å². The zero-order valence-electron chi connectivity index (χ0n) is 9.04. The van der Waals surface area contributed by atoms with Crippen LogP contribution in [0.5, 0.6) is 11.5 Å². The number of thioether (sulfide) groups is 1. The van der Waals surface area contributed by atoms with Crippen LogP contribution in [0.3, 0.4) is 0 Å². The van der Waals surface area contributed by atoms with Gasteiger partial charge in [0, 0.05) is 0 Å². The number of methoxy groups -OCH3 is 2. The number of hydrogen-bond donors (Lipinski definition) is 1. The van der Waals surface area contributed by atoms with Crippen LogP contribution in [0.25, 0.3) is 0 Å². The van der Waals surface area contributed by atoms with Crippen molar-refractivity contribution in [1.82, 2.24) is 0 Å². The average molecular weight is 246 g/mol. The van der Waals surface area contributed by atoms with Gasteiger partial charge in [-0.2, -0.15) is 0 Å². The summed E-state index contributed by atoms with van der Waals surface area (Å²) < 4.78 is 23.5. The number of carboxylic acids is 1. The molecule has 4 nitrogen and oxygen atoms in total. The van der Waals surface area contributed by atoms with E-state index >= 15 is 0 Å². The molecule has 0 atom stereocenters. The molecule has 1 N–H and O–H groups in total. The Morgan fingerprint density at radius 1 is 1.38 bits per heavy atom. The molecule has 0 saturated carbocycles. The Hall–Kier alpha value is -1.43. The molecule has 0 saturated heterocycles. The van der Waals surface area contributed by atoms with E-state index in [9.17, 15) is 9.18 Å². The third kappa shape index (κ3) is 2.06. The van der Waals surface area contributed by atoms with E-state index in [0.717, 1.165) is 17.8 Å². The minimum Gasteiger partial charge on any atom is -0.492 e. The van der Waals surface area contributed by atoms with Crippen molar-refractivity contribution in [1.29, 1.82) is 0 Å². The van der Waals surface area contributed by atoms with E-state index in [4.69, 9.17) is 14.6 Å². The molecule has 0 aliphatic heterocycles. The smallest absolute Gasteiger partial charge is 0.339 e. The molecular formula is C10H11FO4S. The van der Waals surface area contributed by atoms with Crippen LogP contribution >= 0.6 is 11.8 Å². The first-order chi connectivity index (χ1) is 7.56. The molecule has 6 heteroatoms. The summed E-state index contributed by atoms with van der Waals surface area (Å²) in [6.45, 7) is 0. The Morgan fingerprint density at radius 3 is 2.31 bits per heavy atom. The molecule has 0 fully saturated rings. The number of rotatable bonds is 4. The van der Waals surface area contributed by atoms with Crippen molar-refractivity contribution in [2.75, 3.05) is 20.5 Å². The molecule has 1 aromatic carbocycles. The predicted octanol–water partition coefficient (Wildman–Crippen LogP) is 2.26. The first kappa shape index (κ1) is 12.6. The molecule has 0 radical (unpaired) electrons. The third-order valence-corrected chi connectivity index (χ3v) is 2.78. The highest BCUT2D eigenvalue weighted by Gasteiger charge is 2.23. The van der Waals surface area contributed by atoms with Crippen LogP contribution in [-0.2, 0) is 0 Å². The van der Waals surface area contributed by atoms with E-state index < -0.39 is 11.8 Å². The lowest BCUT2D eigenvalue weighted by molar-refractivity contribution is 0.0691. The fraction of sp³-hybridized carbons (Fsp3) is 0.300. The summed E-state index contributed by atoms with van der Waals surface area (Å²) in [5, 5.41) is 8.90. The van der Waals surface area contributed by atoms with Gasteiger partial charge >= 0.3 is 5.97 Å². The van der Waals surface area contributed by atoms with Gasteiger partial charge < -0.3 is 14.6 Å². The summed E-state index contributed by atoms with van der Waals surface area (Å²) in [6, 6.07) is 0.926. The summed E-state index contributed by atoms with van der Waals surface area (Å²) in [6.07, 6.45) is 1.67. The topological polar surface area (TPSA) is 55.8 Å². The second kappa shape index (κ2) is 5.07. The fourth-order valence-electron chi connectivity index (χ4n) is 1.33. The standard InChI is InChI=1S/C10H11FO4S/c1-14-7-5(10(12)13)4-6(11)9(16-3)8(7)15-2/h4H,1-3H3,(H,12,13). The monoisotopic (exact) mass is 246 g/mol. The van der Waals surface area contributed by atoms with E-state index in [-0.39, 0.29) is 22.0 Å². The zero-order chi connectivity index (χ0) is 12.3. The summed E-state index contributed by atoms with van der Waals surface area (Å²) >= 11 is 1.12. The van der Waals surface area contributed by atoms with E-state index in [0.29, 0.717) is 0 Å². The molecule has 1 rings (SSSR count). The summed E-state index contributed by atoms with van der Waals surface area (Å²) in [7, 11) is 2.65. The fourth-order valence-corrected chi connectivity index (χ4v) is 1.94. The Kier molecular flexibility index (Phi) is 4.00. The molecule has 0 heterocycles. The van der Waals surface area contributed by atoms with Gasteiger partial charge in [0.1, 0.15) is 11.4 Å². The Labute approximate surface area is 96.4 Å². The average Bonchev–Trinajstić information content (AvgIpc) is 2.27. The highest BCUT2D eigenvalue weighted by Crippen LogP contribution is 2.41. The molecule has 0 unspecified atom stereocenters. The van der Waals surface area contributed by atoms with Gasteiger partial charge in [0.05, 0.1) is 19.1 Å². The van der Waals surface area contributed by atoms with Crippen LogP contribution in [0.15, 0.2) is 11.0 Å². The molecular weight excluding hydrogens is 235 g/mol. The number of halogens is 1. The largest absolute Gasteiger partial charge is 0.492 e. The molecule has 0 aliphatic rings. The van der Waals surface area contributed by atoms with Crippen molar-refractivity contribution in [3.63, 3.8) is 0 Å². The molecule has 88 valence electrons. The number of carboxylic acid groups (broad SMARTS) is 1. The molecule has 16 heavy (non-hydrogen) atoms. The van der Waals surface area contributed by atoms with E-state index in [2.05, 4.69) is 0 Å². The number of ether oxygens (including phenoxy) is 2. The van der Waals surface area contributed by atoms with Gasteiger partial charge in [-0.3, -0.25) is 0 Å². The quantitative estimate of drug-likeness (QED) is 0.826. The number of carbonyl (C=O) groups is 1. The summed E-state index contributed by atoms with van der Waals surface area (Å²) in [5.41, 5.74) is -0.255. The van der Waals surface area contributed by atoms with Crippen LogP contribution < -0.4 is 9.47 Å². The predicted molar refractivity (Wildman–Crippen MR) is 58.2 cm³/mol. The van der Waals surface area contributed by atoms with Crippen LogP contribution in [0, 0.1) is 5.82 Å². The lowest BCUT2D eigenvalue weighted by Crippen LogP contribution is -2.05. The first-order valence-electron chi connectivity index (χ1n) is 4.28. The van der Waals surface area contributed by atoms with Crippen molar-refractivity contribution in [2.45, 2.75) is 4.90 Å². The van der Waals surface area contributed by atoms with Gasteiger partial charge in [-0.05, 0) is 12.3 Å². The molecule has 1 aromatic rings. The SMILES string of the molecule is COc1c(C(=O)O)cc(F)c(SC)c1OC. The lowest BCUT2D eigenvalue weighted by atomic mass is 10.2. The molecule has 0 amide bonds. The van der Waals surface area contributed by atoms with Crippen LogP contribution in [-0.4, -0.2) is 31.6 Å². The van der Waals surface area contributed by atoms with Crippen LogP contribution in [0.4, 0.5) is 4.39 Å². The van der Waals surface area contributed by atoms with Gasteiger partial charge in [-0.1, -0.05) is 0 Å². The molecule has 0 spiro atoms. The zero-order valence-corrected chi connectivity index (χ0v) is 9.85. The van der Waals surface area contributed by atoms with Crippen molar-refractivity contribution in [3.8, 4) is 11.5 Å². The van der Waals surface area contributed by atoms with Crippen molar-refractivity contribution < 1.29 is 23.8 Å². The maximum absolute atomic E-state index is 13.6. The number of aromatic carboxylic acids is 1. The Morgan fingerprint density at radius 2 is 1.94 bits per heavy atom. The maximum Gasteiger partial charge on any atom is 0.339 e. The highest BCUT2D eigenvalue weighted by molar-refractivity contribution is 7.98. The number of hydrogen-bond acceptors (Lipinski definition) is 4. The second-order valence-electron chi connectivity index (χ2n) is 2.81. The minimum atomic E-state index is -1.26. The second-order valence-corrected chi connectivity index (χ2v) is 3.63. The normalized spacial score (nSPS) is 10.0. The highest BCUT2D eigenvalue weighted by atomic mass is 32.2. The minimum absolute atomic E-state index is 0.0285. The van der Waals surface area contributed by atoms with Gasteiger partial charge in [0.15, 0.2) is 11.5 Å². The third-order valence-electron chi connectivity index (χ3n) is 1.99. The van der Waals surface area contributed by atoms with Gasteiger partial charge in [0.2, 0.25) is 0 Å². The Balaban J connectivity index is 3.56. The van der Waals surface area contributed by atoms with Crippen LogP contribution in [0.2, 0.25) is 0 Å². The molecule has 0 bridgehead atoms. The van der Waals surface area contributed by atoms with Crippen LogP contribution in [0.1, 0.15) is 10.4 Å². The summed E-state index contributed by atoms with van der Waals surface area (Å²) in [5.74, 6) is -1.77. The first-order valence-corrected chi connectivity index (χ1v) is 5.51. The van der Waals surface area contributed by atoms with E-state index in [1.807, 2.05) is 0 Å². The molecule has 0 aromatic heterocycles. The van der Waals surface area contributed by atoms with Crippen molar-refractivity contribution >= 4 is 17.7 Å². The van der Waals surface area contributed by atoms with Crippen molar-refractivity contribution in [3.05, 3.63) is 17.4 Å². The van der Waals surface area contributed by atoms with E-state index in [1.165, 1.54) is 14.2 Å². The van der Waals surface area contributed by atoms with Gasteiger partial charge in [-0.15, -0.1) is 11.8 Å². The number of benzene rings is 1. The van der Waals surface area contributed by atoms with Gasteiger partial charge in [0.25, 0.3) is 0 Å². The maximum atomic E-state index is 13.6. The Bertz CT molecular complexity index is 420.